The highest BCUT2D eigenvalue weighted by molar-refractivity contribution is 6.30. The van der Waals surface area contributed by atoms with Crippen LogP contribution in [0, 0.1) is 0 Å². The minimum absolute atomic E-state index is 0.612. The van der Waals surface area contributed by atoms with E-state index in [1.807, 2.05) is 18.2 Å². The first-order valence-corrected chi connectivity index (χ1v) is 9.23. The molecular weight excluding hydrogens is 340 g/mol. The summed E-state index contributed by atoms with van der Waals surface area (Å²) in [7, 11) is 1.67. The summed E-state index contributed by atoms with van der Waals surface area (Å²) < 4.78 is 10.4. The molecule has 6 nitrogen and oxygen atoms in total. The normalized spacial score (nSPS) is 15.6. The van der Waals surface area contributed by atoms with Gasteiger partial charge in [0.25, 0.3) is 0 Å². The zero-order chi connectivity index (χ0) is 17.9. The van der Waals surface area contributed by atoms with E-state index in [0.29, 0.717) is 26.4 Å². The van der Waals surface area contributed by atoms with Crippen molar-refractivity contribution in [3.05, 3.63) is 29.3 Å². The molecule has 0 spiro atoms. The van der Waals surface area contributed by atoms with Crippen LogP contribution in [-0.4, -0.2) is 77.1 Å². The number of ether oxygens (including phenoxy) is 2. The van der Waals surface area contributed by atoms with Gasteiger partial charge >= 0.3 is 0 Å². The molecule has 25 heavy (non-hydrogen) atoms. The van der Waals surface area contributed by atoms with Crippen molar-refractivity contribution in [3.8, 4) is 0 Å². The molecule has 1 saturated heterocycles. The highest BCUT2D eigenvalue weighted by atomic mass is 35.5. The minimum Gasteiger partial charge on any atom is -0.382 e. The first-order valence-electron chi connectivity index (χ1n) is 8.85. The molecule has 0 amide bonds. The van der Waals surface area contributed by atoms with Crippen molar-refractivity contribution in [2.24, 2.45) is 4.99 Å². The van der Waals surface area contributed by atoms with Crippen molar-refractivity contribution in [2.45, 2.75) is 6.92 Å². The standard InChI is InChI=1S/C18H29ClN4O2/c1-3-20-18(21-7-12-25-14-13-24-2)23-10-8-22(9-11-23)17-6-4-5-16(19)15-17/h4-6,15H,3,7-14H2,1-2H3,(H,20,21). The van der Waals surface area contributed by atoms with Gasteiger partial charge in [-0.15, -0.1) is 0 Å². The molecule has 1 heterocycles. The average Bonchev–Trinajstić information content (AvgIpc) is 2.64. The Bertz CT molecular complexity index is 534. The van der Waals surface area contributed by atoms with Crippen LogP contribution in [0.5, 0.6) is 0 Å². The van der Waals surface area contributed by atoms with Gasteiger partial charge in [0, 0.05) is 50.5 Å². The van der Waals surface area contributed by atoms with E-state index in [2.05, 4.69) is 33.1 Å². The van der Waals surface area contributed by atoms with Gasteiger partial charge in [0.05, 0.1) is 26.4 Å². The van der Waals surface area contributed by atoms with Gasteiger partial charge in [-0.3, -0.25) is 4.99 Å². The van der Waals surface area contributed by atoms with Gasteiger partial charge in [0.15, 0.2) is 5.96 Å². The van der Waals surface area contributed by atoms with Crippen LogP contribution in [0.1, 0.15) is 6.92 Å². The van der Waals surface area contributed by atoms with Gasteiger partial charge in [-0.25, -0.2) is 0 Å². The third-order valence-corrected chi connectivity index (χ3v) is 4.25. The van der Waals surface area contributed by atoms with Crippen LogP contribution in [-0.2, 0) is 9.47 Å². The molecule has 1 fully saturated rings. The lowest BCUT2D eigenvalue weighted by Gasteiger charge is -2.37. The fourth-order valence-electron chi connectivity index (χ4n) is 2.74. The average molecular weight is 369 g/mol. The Morgan fingerprint density at radius 1 is 1.20 bits per heavy atom. The van der Waals surface area contributed by atoms with Crippen LogP contribution < -0.4 is 10.2 Å². The SMILES string of the molecule is CCNC(=NCCOCCOC)N1CCN(c2cccc(Cl)c2)CC1. The molecule has 0 radical (unpaired) electrons. The zero-order valence-electron chi connectivity index (χ0n) is 15.2. The van der Waals surface area contributed by atoms with E-state index in [1.165, 1.54) is 5.69 Å². The Labute approximate surface area is 155 Å². The highest BCUT2D eigenvalue weighted by Crippen LogP contribution is 2.20. The van der Waals surface area contributed by atoms with E-state index >= 15 is 0 Å². The quantitative estimate of drug-likeness (QED) is 0.432. The second-order valence-electron chi connectivity index (χ2n) is 5.79. The van der Waals surface area contributed by atoms with Gasteiger partial charge in [-0.2, -0.15) is 0 Å². The van der Waals surface area contributed by atoms with Crippen LogP contribution >= 0.6 is 11.6 Å². The largest absolute Gasteiger partial charge is 0.382 e. The summed E-state index contributed by atoms with van der Waals surface area (Å²) in [6.07, 6.45) is 0. The molecule has 1 N–H and O–H groups in total. The number of anilines is 1. The summed E-state index contributed by atoms with van der Waals surface area (Å²) in [6, 6.07) is 8.04. The van der Waals surface area contributed by atoms with Crippen LogP contribution in [0.4, 0.5) is 5.69 Å². The maximum Gasteiger partial charge on any atom is 0.194 e. The minimum atomic E-state index is 0.612. The number of guanidine groups is 1. The Morgan fingerprint density at radius 3 is 2.68 bits per heavy atom. The number of nitrogens with one attached hydrogen (secondary N) is 1. The van der Waals surface area contributed by atoms with Crippen LogP contribution in [0.2, 0.25) is 5.02 Å². The lowest BCUT2D eigenvalue weighted by atomic mass is 10.2. The predicted molar refractivity (Wildman–Crippen MR) is 104 cm³/mol. The second kappa shape index (κ2) is 11.2. The second-order valence-corrected chi connectivity index (χ2v) is 6.23. The lowest BCUT2D eigenvalue weighted by Crippen LogP contribution is -2.52. The molecule has 0 atom stereocenters. The highest BCUT2D eigenvalue weighted by Gasteiger charge is 2.19. The molecule has 0 unspecified atom stereocenters. The molecule has 1 aromatic rings. The summed E-state index contributed by atoms with van der Waals surface area (Å²) in [5.74, 6) is 0.962. The Morgan fingerprint density at radius 2 is 2.00 bits per heavy atom. The fraction of sp³-hybridized carbons (Fsp3) is 0.611. The van der Waals surface area contributed by atoms with Gasteiger partial charge in [-0.05, 0) is 25.1 Å². The maximum absolute atomic E-state index is 6.10. The van der Waals surface area contributed by atoms with E-state index < -0.39 is 0 Å². The van der Waals surface area contributed by atoms with Gasteiger partial charge < -0.3 is 24.6 Å². The fourth-order valence-corrected chi connectivity index (χ4v) is 2.92. The lowest BCUT2D eigenvalue weighted by molar-refractivity contribution is 0.0747. The van der Waals surface area contributed by atoms with Crippen LogP contribution in [0.15, 0.2) is 29.3 Å². The van der Waals surface area contributed by atoms with E-state index in [1.54, 1.807) is 7.11 Å². The Hall–Kier alpha value is -1.50. The van der Waals surface area contributed by atoms with Crippen molar-refractivity contribution < 1.29 is 9.47 Å². The van der Waals surface area contributed by atoms with Crippen molar-refractivity contribution >= 4 is 23.2 Å². The topological polar surface area (TPSA) is 49.3 Å². The summed E-state index contributed by atoms with van der Waals surface area (Å²) in [5, 5.41) is 4.16. The molecule has 2 rings (SSSR count). The van der Waals surface area contributed by atoms with E-state index in [0.717, 1.165) is 43.7 Å². The summed E-state index contributed by atoms with van der Waals surface area (Å²) in [5.41, 5.74) is 1.18. The first-order chi connectivity index (χ1) is 12.2. The van der Waals surface area contributed by atoms with E-state index in [9.17, 15) is 0 Å². The number of methoxy groups -OCH3 is 1. The summed E-state index contributed by atoms with van der Waals surface area (Å²) >= 11 is 6.10. The molecule has 1 aliphatic rings. The molecule has 0 aliphatic carbocycles. The van der Waals surface area contributed by atoms with E-state index in [-0.39, 0.29) is 0 Å². The third-order valence-electron chi connectivity index (χ3n) is 4.02. The van der Waals surface area contributed by atoms with E-state index in [4.69, 9.17) is 21.1 Å². The molecule has 7 heteroatoms. The molecule has 0 bridgehead atoms. The zero-order valence-corrected chi connectivity index (χ0v) is 16.0. The van der Waals surface area contributed by atoms with Crippen molar-refractivity contribution in [1.82, 2.24) is 10.2 Å². The molecule has 0 aromatic heterocycles. The molecule has 0 saturated carbocycles. The van der Waals surface area contributed by atoms with Crippen molar-refractivity contribution in [1.29, 1.82) is 0 Å². The Kier molecular flexibility index (Phi) is 8.86. The molecule has 140 valence electrons. The number of benzene rings is 1. The summed E-state index contributed by atoms with van der Waals surface area (Å²) in [6.45, 7) is 9.22. The predicted octanol–water partition coefficient (Wildman–Crippen LogP) is 2.09. The monoisotopic (exact) mass is 368 g/mol. The first kappa shape index (κ1) is 19.8. The number of hydrogen-bond acceptors (Lipinski definition) is 4. The molecular formula is C18H29ClN4O2. The van der Waals surface area contributed by atoms with Crippen LogP contribution in [0.3, 0.4) is 0 Å². The Balaban J connectivity index is 1.82. The number of rotatable bonds is 8. The third kappa shape index (κ3) is 6.72. The van der Waals surface area contributed by atoms with Crippen molar-refractivity contribution in [3.63, 3.8) is 0 Å². The maximum atomic E-state index is 6.10. The number of halogens is 1. The number of piperazine rings is 1. The van der Waals surface area contributed by atoms with Gasteiger partial charge in [-0.1, -0.05) is 17.7 Å². The smallest absolute Gasteiger partial charge is 0.194 e. The summed E-state index contributed by atoms with van der Waals surface area (Å²) in [4.78, 5) is 9.34. The molecule has 1 aromatic carbocycles. The van der Waals surface area contributed by atoms with Gasteiger partial charge in [0.2, 0.25) is 0 Å². The molecule has 1 aliphatic heterocycles. The van der Waals surface area contributed by atoms with Crippen LogP contribution in [0.25, 0.3) is 0 Å². The number of nitrogens with zero attached hydrogens (tertiary/aromatic N) is 3. The number of hydrogen-bond donors (Lipinski definition) is 1. The van der Waals surface area contributed by atoms with Gasteiger partial charge in [0.1, 0.15) is 0 Å². The van der Waals surface area contributed by atoms with Crippen molar-refractivity contribution in [2.75, 3.05) is 71.1 Å². The number of aliphatic imine (C=N–C) groups is 1.